The highest BCUT2D eigenvalue weighted by molar-refractivity contribution is 5.88. The van der Waals surface area contributed by atoms with Crippen LogP contribution in [0.3, 0.4) is 0 Å². The van der Waals surface area contributed by atoms with E-state index in [0.717, 1.165) is 17.6 Å². The first-order chi connectivity index (χ1) is 13.1. The van der Waals surface area contributed by atoms with E-state index in [4.69, 9.17) is 5.41 Å². The maximum atomic E-state index is 12.9. The minimum atomic E-state index is -0.527. The van der Waals surface area contributed by atoms with E-state index < -0.39 is 5.54 Å². The summed E-state index contributed by atoms with van der Waals surface area (Å²) < 4.78 is 3.68. The summed E-state index contributed by atoms with van der Waals surface area (Å²) in [5, 5.41) is 14.7. The zero-order valence-electron chi connectivity index (χ0n) is 15.6. The lowest BCUT2D eigenvalue weighted by Gasteiger charge is -2.43. The van der Waals surface area contributed by atoms with Crippen LogP contribution >= 0.6 is 0 Å². The van der Waals surface area contributed by atoms with Gasteiger partial charge in [-0.2, -0.15) is 0 Å². The Balaban J connectivity index is 1.51. The number of nitrogens with one attached hydrogen (secondary N) is 3. The van der Waals surface area contributed by atoms with Gasteiger partial charge in [-0.05, 0) is 31.9 Å². The van der Waals surface area contributed by atoms with Crippen molar-refractivity contribution in [3.05, 3.63) is 29.9 Å². The van der Waals surface area contributed by atoms with Gasteiger partial charge < -0.3 is 24.7 Å². The van der Waals surface area contributed by atoms with Crippen LogP contribution in [0.25, 0.3) is 11.0 Å². The van der Waals surface area contributed by atoms with Crippen LogP contribution in [-0.4, -0.2) is 57.6 Å². The molecule has 1 aromatic carbocycles. The Morgan fingerprint density at radius 2 is 1.81 bits per heavy atom. The molecule has 144 valence electrons. The van der Waals surface area contributed by atoms with Gasteiger partial charge in [-0.25, -0.2) is 0 Å². The number of piperazine rings is 1. The molecule has 4 rings (SSSR count). The molecule has 2 amide bonds. The maximum Gasteiger partial charge on any atom is 0.242 e. The molecule has 3 heterocycles. The molecular formula is C19H26N6O2. The molecule has 0 radical (unpaired) electrons. The van der Waals surface area contributed by atoms with Gasteiger partial charge in [0, 0.05) is 32.7 Å². The Kier molecular flexibility index (Phi) is 4.51. The molecule has 2 saturated heterocycles. The molecular weight excluding hydrogens is 344 g/mol. The fourth-order valence-electron chi connectivity index (χ4n) is 4.28. The van der Waals surface area contributed by atoms with Crippen molar-refractivity contribution in [1.82, 2.24) is 24.7 Å². The smallest absolute Gasteiger partial charge is 0.242 e. The third-order valence-electron chi connectivity index (χ3n) is 5.86. The zero-order valence-corrected chi connectivity index (χ0v) is 15.6. The van der Waals surface area contributed by atoms with Crippen LogP contribution in [0.15, 0.2) is 24.3 Å². The van der Waals surface area contributed by atoms with Crippen LogP contribution < -0.4 is 16.3 Å². The summed E-state index contributed by atoms with van der Waals surface area (Å²) in [5.41, 5.74) is 1.69. The number of aryl methyl sites for hydroxylation is 1. The van der Waals surface area contributed by atoms with Crippen molar-refractivity contribution in [3.8, 4) is 0 Å². The number of imidazole rings is 1. The van der Waals surface area contributed by atoms with Gasteiger partial charge in [-0.1, -0.05) is 12.1 Å². The van der Waals surface area contributed by atoms with Crippen LogP contribution in [0.5, 0.6) is 0 Å². The molecule has 8 heteroatoms. The van der Waals surface area contributed by atoms with E-state index in [2.05, 4.69) is 10.6 Å². The van der Waals surface area contributed by atoms with E-state index >= 15 is 0 Å². The second kappa shape index (κ2) is 6.84. The predicted octanol–water partition coefficient (Wildman–Crippen LogP) is 0.0228. The van der Waals surface area contributed by atoms with Crippen molar-refractivity contribution < 1.29 is 9.59 Å². The number of carbonyl (C=O) groups excluding carboxylic acids is 2. The molecule has 2 aromatic rings. The van der Waals surface area contributed by atoms with Crippen LogP contribution in [0, 0.1) is 5.41 Å². The normalized spacial score (nSPS) is 19.4. The molecule has 0 aliphatic carbocycles. The van der Waals surface area contributed by atoms with Gasteiger partial charge in [-0.15, -0.1) is 0 Å². The molecule has 3 N–H and O–H groups in total. The molecule has 8 nitrogen and oxygen atoms in total. The second-order valence-corrected chi connectivity index (χ2v) is 7.29. The first kappa shape index (κ1) is 17.8. The highest BCUT2D eigenvalue weighted by Gasteiger charge is 2.43. The van der Waals surface area contributed by atoms with Gasteiger partial charge in [0.25, 0.3) is 0 Å². The van der Waals surface area contributed by atoms with Crippen molar-refractivity contribution in [2.45, 2.75) is 38.4 Å². The van der Waals surface area contributed by atoms with Crippen molar-refractivity contribution in [1.29, 1.82) is 5.41 Å². The molecule has 2 aliphatic heterocycles. The highest BCUT2D eigenvalue weighted by Crippen LogP contribution is 2.24. The third-order valence-corrected chi connectivity index (χ3v) is 5.86. The van der Waals surface area contributed by atoms with E-state index in [1.165, 1.54) is 0 Å². The Morgan fingerprint density at radius 3 is 2.44 bits per heavy atom. The van der Waals surface area contributed by atoms with Gasteiger partial charge in [-0.3, -0.25) is 15.0 Å². The Hall–Kier alpha value is -2.61. The van der Waals surface area contributed by atoms with Gasteiger partial charge >= 0.3 is 0 Å². The van der Waals surface area contributed by atoms with E-state index in [-0.39, 0.29) is 18.4 Å². The molecule has 0 atom stereocenters. The standard InChI is InChI=1S/C19H26N6O2/c1-2-24-14-5-3-4-6-15(14)25(18(24)20)13-16(26)23-11-7-19(8-12-23)17(27)21-9-10-22-19/h3-6,20,22H,2,7-13H2,1H3,(H,21,27). The third kappa shape index (κ3) is 2.93. The first-order valence-electron chi connectivity index (χ1n) is 9.59. The van der Waals surface area contributed by atoms with Gasteiger partial charge in [0.2, 0.25) is 17.4 Å². The number of para-hydroxylation sites is 2. The van der Waals surface area contributed by atoms with E-state index in [1.54, 1.807) is 4.57 Å². The van der Waals surface area contributed by atoms with Gasteiger partial charge in [0.1, 0.15) is 12.1 Å². The topological polar surface area (TPSA) is 95.2 Å². The molecule has 1 aromatic heterocycles. The zero-order chi connectivity index (χ0) is 19.0. The monoisotopic (exact) mass is 370 g/mol. The number of carbonyl (C=O) groups is 2. The minimum Gasteiger partial charge on any atom is -0.353 e. The molecule has 27 heavy (non-hydrogen) atoms. The second-order valence-electron chi connectivity index (χ2n) is 7.29. The molecule has 0 unspecified atom stereocenters. The van der Waals surface area contributed by atoms with Crippen molar-refractivity contribution >= 4 is 22.8 Å². The number of likely N-dealkylation sites (tertiary alicyclic amines) is 1. The van der Waals surface area contributed by atoms with E-state index in [1.807, 2.05) is 40.7 Å². The summed E-state index contributed by atoms with van der Waals surface area (Å²) in [6, 6.07) is 7.82. The fourth-order valence-corrected chi connectivity index (χ4v) is 4.28. The summed E-state index contributed by atoms with van der Waals surface area (Å²) in [6.07, 6.45) is 1.25. The van der Waals surface area contributed by atoms with Crippen molar-refractivity contribution in [2.24, 2.45) is 0 Å². The number of nitrogens with zero attached hydrogens (tertiary/aromatic N) is 3. The lowest BCUT2D eigenvalue weighted by molar-refractivity contribution is -0.138. The number of piperidine rings is 1. The molecule has 0 bridgehead atoms. The Morgan fingerprint density at radius 1 is 1.15 bits per heavy atom. The lowest BCUT2D eigenvalue weighted by Crippen LogP contribution is -2.67. The van der Waals surface area contributed by atoms with Gasteiger partial charge in [0.15, 0.2) is 0 Å². The molecule has 0 saturated carbocycles. The van der Waals surface area contributed by atoms with Crippen molar-refractivity contribution in [3.63, 3.8) is 0 Å². The van der Waals surface area contributed by atoms with Crippen LogP contribution in [-0.2, 0) is 22.7 Å². The SMILES string of the molecule is CCn1c(=N)n(CC(=O)N2CCC3(CC2)NCCNC3=O)c2ccccc21. The van der Waals surface area contributed by atoms with Crippen LogP contribution in [0.4, 0.5) is 0 Å². The number of aromatic nitrogens is 2. The highest BCUT2D eigenvalue weighted by atomic mass is 16.2. The van der Waals surface area contributed by atoms with Crippen LogP contribution in [0.2, 0.25) is 0 Å². The Labute approximate surface area is 157 Å². The minimum absolute atomic E-state index is 0.00132. The first-order valence-corrected chi connectivity index (χ1v) is 9.59. The maximum absolute atomic E-state index is 12.9. The number of rotatable bonds is 3. The average molecular weight is 370 g/mol. The largest absolute Gasteiger partial charge is 0.353 e. The fraction of sp³-hybridized carbons (Fsp3) is 0.526. The number of benzene rings is 1. The molecule has 1 spiro atoms. The summed E-state index contributed by atoms with van der Waals surface area (Å²) in [6.45, 7) is 5.39. The molecule has 2 fully saturated rings. The predicted molar refractivity (Wildman–Crippen MR) is 101 cm³/mol. The van der Waals surface area contributed by atoms with E-state index in [0.29, 0.717) is 44.6 Å². The average Bonchev–Trinajstić information content (AvgIpc) is 2.96. The number of hydrogen-bond acceptors (Lipinski definition) is 4. The summed E-state index contributed by atoms with van der Waals surface area (Å²) in [7, 11) is 0. The lowest BCUT2D eigenvalue weighted by atomic mass is 9.85. The van der Waals surface area contributed by atoms with Crippen LogP contribution in [0.1, 0.15) is 19.8 Å². The van der Waals surface area contributed by atoms with Gasteiger partial charge in [0.05, 0.1) is 11.0 Å². The molecule has 2 aliphatic rings. The quantitative estimate of drug-likeness (QED) is 0.711. The Bertz CT molecular complexity index is 935. The van der Waals surface area contributed by atoms with Crippen molar-refractivity contribution in [2.75, 3.05) is 26.2 Å². The summed E-state index contributed by atoms with van der Waals surface area (Å²) in [4.78, 5) is 27.0. The summed E-state index contributed by atoms with van der Waals surface area (Å²) in [5.74, 6) is 0.0493. The number of hydrogen-bond donors (Lipinski definition) is 3. The summed E-state index contributed by atoms with van der Waals surface area (Å²) >= 11 is 0. The number of amides is 2. The number of fused-ring (bicyclic) bond motifs is 1. The van der Waals surface area contributed by atoms with E-state index in [9.17, 15) is 9.59 Å².